The van der Waals surface area contributed by atoms with Crippen molar-refractivity contribution in [1.29, 1.82) is 0 Å². The molecule has 0 spiro atoms. The van der Waals surface area contributed by atoms with E-state index in [-0.39, 0.29) is 24.0 Å². The van der Waals surface area contributed by atoms with Gasteiger partial charge in [0.1, 0.15) is 5.75 Å². The summed E-state index contributed by atoms with van der Waals surface area (Å²) in [6, 6.07) is 18.5. The summed E-state index contributed by atoms with van der Waals surface area (Å²) in [5, 5.41) is 7.69. The molecule has 0 fully saturated rings. The SMILES string of the molecule is CN=C(NCCc1ccc(-n2cccn2)cc1)N(C)Cc1ccc(OC)cc1.I. The maximum atomic E-state index is 5.21. The van der Waals surface area contributed by atoms with Crippen molar-refractivity contribution in [2.24, 2.45) is 4.99 Å². The number of nitrogens with one attached hydrogen (secondary N) is 1. The number of methoxy groups -OCH3 is 1. The average molecular weight is 505 g/mol. The zero-order chi connectivity index (χ0) is 19.8. The number of nitrogens with zero attached hydrogens (tertiary/aromatic N) is 4. The maximum absolute atomic E-state index is 5.21. The summed E-state index contributed by atoms with van der Waals surface area (Å²) in [6.07, 6.45) is 4.65. The second-order valence-corrected chi connectivity index (χ2v) is 6.55. The van der Waals surface area contributed by atoms with E-state index in [1.807, 2.05) is 43.2 Å². The molecule has 0 aliphatic heterocycles. The molecule has 0 unspecified atom stereocenters. The van der Waals surface area contributed by atoms with Gasteiger partial charge >= 0.3 is 0 Å². The molecule has 7 heteroatoms. The Morgan fingerprint density at radius 3 is 2.38 bits per heavy atom. The van der Waals surface area contributed by atoms with Crippen LogP contribution in [0.4, 0.5) is 0 Å². The van der Waals surface area contributed by atoms with Gasteiger partial charge in [-0.25, -0.2) is 4.68 Å². The highest BCUT2D eigenvalue weighted by Crippen LogP contribution is 2.13. The van der Waals surface area contributed by atoms with Gasteiger partial charge in [-0.2, -0.15) is 5.10 Å². The van der Waals surface area contributed by atoms with Crippen LogP contribution in [0.5, 0.6) is 5.75 Å². The normalized spacial score (nSPS) is 10.9. The quantitative estimate of drug-likeness (QED) is 0.302. The Hall–Kier alpha value is -2.55. The molecule has 3 rings (SSSR count). The van der Waals surface area contributed by atoms with Gasteiger partial charge in [-0.05, 0) is 47.9 Å². The van der Waals surface area contributed by atoms with Crippen molar-refractivity contribution < 1.29 is 4.74 Å². The fourth-order valence-electron chi connectivity index (χ4n) is 3.02. The molecule has 3 aromatic rings. The Morgan fingerprint density at radius 1 is 1.10 bits per heavy atom. The van der Waals surface area contributed by atoms with E-state index in [4.69, 9.17) is 4.74 Å². The van der Waals surface area contributed by atoms with Crippen LogP contribution in [0.3, 0.4) is 0 Å². The molecule has 1 heterocycles. The first-order chi connectivity index (χ1) is 13.7. The number of halogens is 1. The largest absolute Gasteiger partial charge is 0.497 e. The van der Waals surface area contributed by atoms with Gasteiger partial charge < -0.3 is 15.0 Å². The van der Waals surface area contributed by atoms with Crippen molar-refractivity contribution in [2.75, 3.05) is 27.7 Å². The minimum absolute atomic E-state index is 0. The lowest BCUT2D eigenvalue weighted by Gasteiger charge is -2.22. The van der Waals surface area contributed by atoms with E-state index in [1.165, 1.54) is 11.1 Å². The van der Waals surface area contributed by atoms with Crippen molar-refractivity contribution in [2.45, 2.75) is 13.0 Å². The first kappa shape index (κ1) is 22.7. The summed E-state index contributed by atoms with van der Waals surface area (Å²) in [5.74, 6) is 1.75. The van der Waals surface area contributed by atoms with E-state index in [0.717, 1.165) is 36.9 Å². The Labute approximate surface area is 189 Å². The Bertz CT molecular complexity index is 877. The first-order valence-electron chi connectivity index (χ1n) is 9.33. The lowest BCUT2D eigenvalue weighted by Crippen LogP contribution is -2.39. The van der Waals surface area contributed by atoms with Crippen LogP contribution in [-0.2, 0) is 13.0 Å². The standard InChI is InChI=1S/C22H27N5O.HI/c1-23-22(26(2)17-19-7-11-21(28-3)12-8-19)24-15-13-18-5-9-20(10-6-18)27-16-4-14-25-27;/h4-12,14,16H,13,15,17H2,1-3H3,(H,23,24);1H. The van der Waals surface area contributed by atoms with Crippen molar-refractivity contribution in [3.63, 3.8) is 0 Å². The van der Waals surface area contributed by atoms with Crippen LogP contribution < -0.4 is 10.1 Å². The Balaban J connectivity index is 0.00000300. The van der Waals surface area contributed by atoms with Gasteiger partial charge in [0.2, 0.25) is 0 Å². The average Bonchev–Trinajstić information content (AvgIpc) is 3.27. The van der Waals surface area contributed by atoms with Crippen LogP contribution in [0.1, 0.15) is 11.1 Å². The van der Waals surface area contributed by atoms with Crippen LogP contribution >= 0.6 is 24.0 Å². The van der Waals surface area contributed by atoms with E-state index in [9.17, 15) is 0 Å². The molecule has 2 aromatic carbocycles. The molecule has 6 nitrogen and oxygen atoms in total. The predicted octanol–water partition coefficient (Wildman–Crippen LogP) is 3.75. The molecule has 29 heavy (non-hydrogen) atoms. The smallest absolute Gasteiger partial charge is 0.193 e. The van der Waals surface area contributed by atoms with Gasteiger partial charge in [-0.3, -0.25) is 4.99 Å². The summed E-state index contributed by atoms with van der Waals surface area (Å²) in [7, 11) is 5.53. The van der Waals surface area contributed by atoms with Crippen LogP contribution in [0.25, 0.3) is 5.69 Å². The van der Waals surface area contributed by atoms with Gasteiger partial charge in [0, 0.05) is 39.6 Å². The second kappa shape index (κ2) is 11.5. The molecule has 0 saturated carbocycles. The number of guanidine groups is 1. The Morgan fingerprint density at radius 2 is 1.79 bits per heavy atom. The van der Waals surface area contributed by atoms with E-state index in [1.54, 1.807) is 13.3 Å². The third-order valence-corrected chi connectivity index (χ3v) is 4.55. The minimum Gasteiger partial charge on any atom is -0.497 e. The third kappa shape index (κ3) is 6.49. The van der Waals surface area contributed by atoms with Crippen molar-refractivity contribution in [1.82, 2.24) is 20.0 Å². The molecule has 0 atom stereocenters. The van der Waals surface area contributed by atoms with Gasteiger partial charge in [0.05, 0.1) is 12.8 Å². The van der Waals surface area contributed by atoms with Gasteiger partial charge in [0.25, 0.3) is 0 Å². The number of hydrogen-bond donors (Lipinski definition) is 1. The summed E-state index contributed by atoms with van der Waals surface area (Å²) < 4.78 is 7.07. The molecule has 154 valence electrons. The highest BCUT2D eigenvalue weighted by Gasteiger charge is 2.07. The molecular weight excluding hydrogens is 477 g/mol. The van der Waals surface area contributed by atoms with E-state index >= 15 is 0 Å². The molecule has 0 bridgehead atoms. The fraction of sp³-hybridized carbons (Fsp3) is 0.273. The van der Waals surface area contributed by atoms with Gasteiger partial charge in [0.15, 0.2) is 5.96 Å². The van der Waals surface area contributed by atoms with Crippen LogP contribution in [0.15, 0.2) is 72.0 Å². The number of aliphatic imine (C=N–C) groups is 1. The molecule has 0 aliphatic rings. The van der Waals surface area contributed by atoms with Crippen molar-refractivity contribution >= 4 is 29.9 Å². The summed E-state index contributed by atoms with van der Waals surface area (Å²) in [6.45, 7) is 1.60. The van der Waals surface area contributed by atoms with Gasteiger partial charge in [-0.15, -0.1) is 24.0 Å². The van der Waals surface area contributed by atoms with Crippen LogP contribution in [0, 0.1) is 0 Å². The number of aromatic nitrogens is 2. The molecule has 0 aliphatic carbocycles. The Kier molecular flexibility index (Phi) is 8.98. The highest BCUT2D eigenvalue weighted by molar-refractivity contribution is 14.0. The first-order valence-corrected chi connectivity index (χ1v) is 9.33. The second-order valence-electron chi connectivity index (χ2n) is 6.55. The predicted molar refractivity (Wildman–Crippen MR) is 129 cm³/mol. The lowest BCUT2D eigenvalue weighted by molar-refractivity contribution is 0.414. The fourth-order valence-corrected chi connectivity index (χ4v) is 3.02. The molecule has 1 aromatic heterocycles. The highest BCUT2D eigenvalue weighted by atomic mass is 127. The molecule has 0 saturated heterocycles. The summed E-state index contributed by atoms with van der Waals surface area (Å²) >= 11 is 0. The summed E-state index contributed by atoms with van der Waals surface area (Å²) in [5.41, 5.74) is 3.55. The van der Waals surface area contributed by atoms with E-state index < -0.39 is 0 Å². The van der Waals surface area contributed by atoms with Crippen LogP contribution in [0.2, 0.25) is 0 Å². The molecule has 1 N–H and O–H groups in total. The van der Waals surface area contributed by atoms with E-state index in [0.29, 0.717) is 0 Å². The monoisotopic (exact) mass is 505 g/mol. The summed E-state index contributed by atoms with van der Waals surface area (Å²) in [4.78, 5) is 6.51. The lowest BCUT2D eigenvalue weighted by atomic mass is 10.1. The van der Waals surface area contributed by atoms with Gasteiger partial charge in [-0.1, -0.05) is 24.3 Å². The van der Waals surface area contributed by atoms with Crippen LogP contribution in [-0.4, -0.2) is 48.4 Å². The van der Waals surface area contributed by atoms with E-state index in [2.05, 4.69) is 56.7 Å². The zero-order valence-electron chi connectivity index (χ0n) is 17.1. The zero-order valence-corrected chi connectivity index (χ0v) is 19.4. The van der Waals surface area contributed by atoms with Crippen molar-refractivity contribution in [3.8, 4) is 11.4 Å². The molecular formula is C22H28IN5O. The number of hydrogen-bond acceptors (Lipinski definition) is 3. The topological polar surface area (TPSA) is 54.7 Å². The molecule has 0 amide bonds. The minimum atomic E-state index is 0. The number of ether oxygens (including phenoxy) is 1. The van der Waals surface area contributed by atoms with Crippen molar-refractivity contribution in [3.05, 3.63) is 78.1 Å². The maximum Gasteiger partial charge on any atom is 0.193 e. The number of benzene rings is 2. The number of rotatable bonds is 7. The molecule has 0 radical (unpaired) electrons. The third-order valence-electron chi connectivity index (χ3n) is 4.55.